The minimum atomic E-state index is -4.92. The molecule has 1 saturated heterocycles. The summed E-state index contributed by atoms with van der Waals surface area (Å²) >= 11 is 0. The molecular weight excluding hydrogens is 385 g/mol. The molecule has 1 aliphatic heterocycles. The van der Waals surface area contributed by atoms with Crippen LogP contribution in [0.5, 0.6) is 0 Å². The lowest BCUT2D eigenvalue weighted by molar-refractivity contribution is -0.162. The fraction of sp³-hybridized carbons (Fsp3) is 0.647. The van der Waals surface area contributed by atoms with Gasteiger partial charge in [-0.1, -0.05) is 5.92 Å². The molecule has 4 atom stereocenters. The van der Waals surface area contributed by atoms with E-state index in [9.17, 15) is 22.8 Å². The van der Waals surface area contributed by atoms with Gasteiger partial charge >= 0.3 is 11.9 Å². The monoisotopic (exact) mass is 406 g/mol. The number of alkyl halides is 3. The van der Waals surface area contributed by atoms with Gasteiger partial charge in [0, 0.05) is 19.2 Å². The topological polar surface area (TPSA) is 91.8 Å². The summed E-state index contributed by atoms with van der Waals surface area (Å²) in [6.45, 7) is 3.86. The molecule has 1 fully saturated rings. The van der Waals surface area contributed by atoms with E-state index in [2.05, 4.69) is 5.92 Å². The molecule has 0 aromatic carbocycles. The highest BCUT2D eigenvalue weighted by atomic mass is 19.4. The van der Waals surface area contributed by atoms with Crippen molar-refractivity contribution in [2.45, 2.75) is 51.2 Å². The minimum absolute atomic E-state index is 0.0110. The Kier molecular flexibility index (Phi) is 7.42. The molecule has 156 valence electrons. The lowest BCUT2D eigenvalue weighted by Gasteiger charge is -2.21. The van der Waals surface area contributed by atoms with E-state index in [1.165, 1.54) is 0 Å². The van der Waals surface area contributed by atoms with Crippen LogP contribution in [0.1, 0.15) is 32.1 Å². The summed E-state index contributed by atoms with van der Waals surface area (Å²) < 4.78 is 61.5. The van der Waals surface area contributed by atoms with Crippen molar-refractivity contribution in [2.75, 3.05) is 19.8 Å². The van der Waals surface area contributed by atoms with Gasteiger partial charge in [0.2, 0.25) is 0 Å². The molecule has 1 unspecified atom stereocenters. The van der Waals surface area contributed by atoms with Gasteiger partial charge in [0.25, 0.3) is 5.56 Å². The first-order chi connectivity index (χ1) is 13.2. The predicted molar refractivity (Wildman–Crippen MR) is 90.5 cm³/mol. The second-order valence-electron chi connectivity index (χ2n) is 5.98. The number of aromatic nitrogens is 2. The van der Waals surface area contributed by atoms with E-state index in [4.69, 9.17) is 25.4 Å². The van der Waals surface area contributed by atoms with Crippen LogP contribution in [0.2, 0.25) is 0 Å². The van der Waals surface area contributed by atoms with E-state index in [0.717, 1.165) is 0 Å². The Balaban J connectivity index is 2.23. The van der Waals surface area contributed by atoms with Gasteiger partial charge in [-0.05, 0) is 13.8 Å². The van der Waals surface area contributed by atoms with Gasteiger partial charge < -0.3 is 18.9 Å². The molecule has 28 heavy (non-hydrogen) atoms. The summed E-state index contributed by atoms with van der Waals surface area (Å²) in [6.07, 6.45) is -2.20. The van der Waals surface area contributed by atoms with Gasteiger partial charge in [-0.15, -0.1) is 6.42 Å². The van der Waals surface area contributed by atoms with Crippen molar-refractivity contribution in [2.24, 2.45) is 0 Å². The van der Waals surface area contributed by atoms with Crippen LogP contribution in [0, 0.1) is 12.3 Å². The summed E-state index contributed by atoms with van der Waals surface area (Å²) in [5.41, 5.74) is -4.04. The zero-order chi connectivity index (χ0) is 20.9. The van der Waals surface area contributed by atoms with Crippen molar-refractivity contribution in [1.29, 1.82) is 0 Å². The van der Waals surface area contributed by atoms with Crippen LogP contribution in [0.25, 0.3) is 0 Å². The summed E-state index contributed by atoms with van der Waals surface area (Å²) in [5, 5.41) is 0. The third kappa shape index (κ3) is 5.45. The Labute approximate surface area is 158 Å². The molecule has 1 N–H and O–H groups in total. The van der Waals surface area contributed by atoms with Gasteiger partial charge in [-0.3, -0.25) is 14.3 Å². The third-order valence-electron chi connectivity index (χ3n) is 4.04. The Morgan fingerprint density at radius 1 is 1.43 bits per heavy atom. The summed E-state index contributed by atoms with van der Waals surface area (Å²) in [7, 11) is 0. The van der Waals surface area contributed by atoms with Crippen molar-refractivity contribution in [1.82, 2.24) is 9.55 Å². The highest BCUT2D eigenvalue weighted by molar-refractivity contribution is 5.09. The Morgan fingerprint density at radius 3 is 2.75 bits per heavy atom. The second-order valence-corrected chi connectivity index (χ2v) is 5.98. The first kappa shape index (κ1) is 22.2. The average Bonchev–Trinajstić information content (AvgIpc) is 3.00. The van der Waals surface area contributed by atoms with Gasteiger partial charge in [0.15, 0.2) is 6.29 Å². The van der Waals surface area contributed by atoms with Gasteiger partial charge in [-0.25, -0.2) is 4.79 Å². The van der Waals surface area contributed by atoms with Crippen molar-refractivity contribution >= 4 is 0 Å². The molecule has 11 heteroatoms. The van der Waals surface area contributed by atoms with E-state index in [1.807, 2.05) is 0 Å². The lowest BCUT2D eigenvalue weighted by Crippen LogP contribution is -2.36. The maximum absolute atomic E-state index is 13.0. The van der Waals surface area contributed by atoms with Gasteiger partial charge in [0.1, 0.15) is 24.5 Å². The fourth-order valence-corrected chi connectivity index (χ4v) is 2.77. The van der Waals surface area contributed by atoms with Crippen molar-refractivity contribution in [3.8, 4) is 12.3 Å². The Morgan fingerprint density at radius 2 is 2.14 bits per heavy atom. The number of halogens is 3. The number of H-pyrrole nitrogens is 1. The number of nitrogens with zero attached hydrogens (tertiary/aromatic N) is 1. The molecular formula is C17H21F3N2O6. The first-order valence-corrected chi connectivity index (χ1v) is 8.53. The third-order valence-corrected chi connectivity index (χ3v) is 4.04. The quantitative estimate of drug-likeness (QED) is 0.516. The van der Waals surface area contributed by atoms with Crippen molar-refractivity contribution in [3.63, 3.8) is 0 Å². The second kappa shape index (κ2) is 9.38. The van der Waals surface area contributed by atoms with Crippen LogP contribution >= 0.6 is 0 Å². The summed E-state index contributed by atoms with van der Waals surface area (Å²) in [6, 6.07) is 0. The predicted octanol–water partition coefficient (Wildman–Crippen LogP) is 1.26. The Bertz CT molecular complexity index is 813. The van der Waals surface area contributed by atoms with Gasteiger partial charge in [-0.2, -0.15) is 13.2 Å². The van der Waals surface area contributed by atoms with Crippen LogP contribution in [0.4, 0.5) is 13.2 Å². The molecule has 0 radical (unpaired) electrons. The van der Waals surface area contributed by atoms with Crippen LogP contribution in [0.15, 0.2) is 15.8 Å². The fourth-order valence-electron chi connectivity index (χ4n) is 2.77. The molecule has 2 rings (SSSR count). The number of aromatic amines is 1. The van der Waals surface area contributed by atoms with Crippen LogP contribution in [-0.4, -0.2) is 47.9 Å². The van der Waals surface area contributed by atoms with Crippen molar-refractivity contribution < 1.29 is 32.1 Å². The average molecular weight is 406 g/mol. The highest BCUT2D eigenvalue weighted by Crippen LogP contribution is 2.32. The number of hydrogen-bond donors (Lipinski definition) is 1. The van der Waals surface area contributed by atoms with Gasteiger partial charge in [0.05, 0.1) is 12.7 Å². The normalized spacial score (nSPS) is 23.5. The maximum Gasteiger partial charge on any atom is 0.423 e. The van der Waals surface area contributed by atoms with E-state index in [1.54, 1.807) is 18.8 Å². The van der Waals surface area contributed by atoms with Crippen LogP contribution in [-0.2, 0) is 25.1 Å². The number of rotatable bonds is 8. The maximum atomic E-state index is 13.0. The van der Waals surface area contributed by atoms with Crippen LogP contribution in [0.3, 0.4) is 0 Å². The van der Waals surface area contributed by atoms with E-state index in [-0.39, 0.29) is 19.6 Å². The Hall–Kier alpha value is -2.13. The number of hydrogen-bond acceptors (Lipinski definition) is 6. The lowest BCUT2D eigenvalue weighted by atomic mass is 10.2. The molecule has 1 aromatic rings. The molecule has 0 saturated carbocycles. The smallest absolute Gasteiger partial charge is 0.363 e. The summed E-state index contributed by atoms with van der Waals surface area (Å²) in [5.74, 6) is 2.29. The minimum Gasteiger partial charge on any atom is -0.363 e. The zero-order valence-corrected chi connectivity index (χ0v) is 15.3. The van der Waals surface area contributed by atoms with E-state index < -0.39 is 47.7 Å². The molecule has 8 nitrogen and oxygen atoms in total. The van der Waals surface area contributed by atoms with Crippen LogP contribution < -0.4 is 11.2 Å². The molecule has 0 spiro atoms. The first-order valence-electron chi connectivity index (χ1n) is 8.53. The largest absolute Gasteiger partial charge is 0.423 e. The number of terminal acetylenes is 1. The number of ether oxygens (including phenoxy) is 4. The SMILES string of the molecule is C#CCO[C@H]1C[C@H](n2cc(C(F)(F)F)c(=O)[nH]c2=O)O[C@@H]1COC(C)OCC. The molecule has 0 aliphatic carbocycles. The zero-order valence-electron chi connectivity index (χ0n) is 15.3. The van der Waals surface area contributed by atoms with E-state index >= 15 is 0 Å². The standard InChI is InChI=1S/C17H21F3N2O6/c1-4-6-26-12-7-14(28-13(12)9-27-10(3)25-5-2)22-8-11(17(18,19)20)15(23)21-16(22)24/h1,8,10,12-14H,5-7,9H2,2-3H3,(H,21,23,24)/t10?,12-,13+,14+/m0/s1. The molecule has 1 aromatic heterocycles. The molecule has 1 aliphatic rings. The molecule has 0 bridgehead atoms. The molecule has 2 heterocycles. The highest BCUT2D eigenvalue weighted by Gasteiger charge is 2.40. The summed E-state index contributed by atoms with van der Waals surface area (Å²) in [4.78, 5) is 25.1. The van der Waals surface area contributed by atoms with E-state index in [0.29, 0.717) is 17.4 Å². The van der Waals surface area contributed by atoms with Crippen molar-refractivity contribution in [3.05, 3.63) is 32.6 Å². The number of nitrogens with one attached hydrogen (secondary N) is 1. The molecule has 0 amide bonds.